The summed E-state index contributed by atoms with van der Waals surface area (Å²) in [6, 6.07) is 0.734. The van der Waals surface area contributed by atoms with E-state index in [2.05, 4.69) is 42.4 Å². The van der Waals surface area contributed by atoms with Gasteiger partial charge in [-0.15, -0.1) is 0 Å². The molecule has 1 spiro atoms. The van der Waals surface area contributed by atoms with E-state index in [1.807, 2.05) is 0 Å². The summed E-state index contributed by atoms with van der Waals surface area (Å²) < 4.78 is 0. The maximum absolute atomic E-state index is 2.81. The molecule has 0 unspecified atom stereocenters. The second-order valence-corrected chi connectivity index (χ2v) is 10.1. The Bertz CT molecular complexity index is 380. The van der Waals surface area contributed by atoms with Crippen molar-refractivity contribution < 1.29 is 0 Å². The highest BCUT2D eigenvalue weighted by atomic mass is 15.2. The van der Waals surface area contributed by atoms with Crippen molar-refractivity contribution >= 4 is 0 Å². The van der Waals surface area contributed by atoms with E-state index in [0.717, 1.165) is 17.9 Å². The predicted molar refractivity (Wildman–Crippen MR) is 108 cm³/mol. The average molecular weight is 350 g/mol. The molecule has 0 atom stereocenters. The maximum atomic E-state index is 2.81. The van der Waals surface area contributed by atoms with Crippen LogP contribution in [0.4, 0.5) is 0 Å². The Morgan fingerprint density at radius 1 is 0.760 bits per heavy atom. The van der Waals surface area contributed by atoms with Gasteiger partial charge in [-0.3, -0.25) is 0 Å². The molecule has 3 saturated heterocycles. The van der Waals surface area contributed by atoms with E-state index in [1.165, 1.54) is 90.9 Å². The van der Waals surface area contributed by atoms with Crippen molar-refractivity contribution in [2.24, 2.45) is 17.3 Å². The number of hydrogen-bond acceptors (Lipinski definition) is 3. The van der Waals surface area contributed by atoms with Crippen LogP contribution in [0.3, 0.4) is 0 Å². The summed E-state index contributed by atoms with van der Waals surface area (Å²) in [5.41, 5.74) is 0.699. The Morgan fingerprint density at radius 2 is 1.28 bits per heavy atom. The molecule has 3 fully saturated rings. The summed E-state index contributed by atoms with van der Waals surface area (Å²) in [4.78, 5) is 8.18. The van der Waals surface area contributed by atoms with Gasteiger partial charge in [0.15, 0.2) is 0 Å². The van der Waals surface area contributed by atoms with Crippen LogP contribution < -0.4 is 0 Å². The molecule has 0 saturated carbocycles. The van der Waals surface area contributed by atoms with Gasteiger partial charge in [-0.1, -0.05) is 13.8 Å². The van der Waals surface area contributed by atoms with Crippen LogP contribution in [0.15, 0.2) is 0 Å². The summed E-state index contributed by atoms with van der Waals surface area (Å²) in [6.45, 7) is 20.2. The highest BCUT2D eigenvalue weighted by Gasteiger charge is 2.38. The molecule has 0 amide bonds. The molecule has 0 bridgehead atoms. The van der Waals surface area contributed by atoms with Crippen LogP contribution in [0.25, 0.3) is 0 Å². The number of piperidine rings is 3. The minimum absolute atomic E-state index is 0.699. The lowest BCUT2D eigenvalue weighted by Crippen LogP contribution is -2.49. The van der Waals surface area contributed by atoms with Crippen LogP contribution in [0.2, 0.25) is 0 Å². The summed E-state index contributed by atoms with van der Waals surface area (Å²) >= 11 is 0. The second kappa shape index (κ2) is 8.71. The third kappa shape index (κ3) is 5.43. The SMILES string of the molecule is CC(C)CN1CCC2(CC1)CCN(CC1CCN(C(C)C)CC1)CC2. The van der Waals surface area contributed by atoms with E-state index >= 15 is 0 Å². The molecule has 0 aromatic heterocycles. The van der Waals surface area contributed by atoms with E-state index < -0.39 is 0 Å². The first kappa shape index (κ1) is 19.6. The van der Waals surface area contributed by atoms with Crippen molar-refractivity contribution in [2.75, 3.05) is 52.4 Å². The van der Waals surface area contributed by atoms with Crippen molar-refractivity contribution in [3.8, 4) is 0 Å². The second-order valence-electron chi connectivity index (χ2n) is 10.1. The Kier molecular flexibility index (Phi) is 6.84. The van der Waals surface area contributed by atoms with Gasteiger partial charge in [-0.05, 0) is 109 Å². The molecule has 3 heteroatoms. The van der Waals surface area contributed by atoms with Crippen molar-refractivity contribution in [1.29, 1.82) is 0 Å². The molecule has 0 aromatic carbocycles. The van der Waals surface area contributed by atoms with Crippen LogP contribution in [0.1, 0.15) is 66.2 Å². The fourth-order valence-electron chi connectivity index (χ4n) is 5.45. The van der Waals surface area contributed by atoms with Crippen molar-refractivity contribution in [2.45, 2.75) is 72.3 Å². The molecular weight excluding hydrogens is 306 g/mol. The van der Waals surface area contributed by atoms with Gasteiger partial charge in [-0.2, -0.15) is 0 Å². The first-order valence-corrected chi connectivity index (χ1v) is 11.1. The van der Waals surface area contributed by atoms with Gasteiger partial charge in [0, 0.05) is 19.1 Å². The Morgan fingerprint density at radius 3 is 1.76 bits per heavy atom. The van der Waals surface area contributed by atoms with Crippen molar-refractivity contribution in [3.05, 3.63) is 0 Å². The average Bonchev–Trinajstić information content (AvgIpc) is 2.59. The zero-order chi connectivity index (χ0) is 17.9. The zero-order valence-electron chi connectivity index (χ0n) is 17.5. The minimum atomic E-state index is 0.699. The summed E-state index contributed by atoms with van der Waals surface area (Å²) in [6.07, 6.45) is 8.69. The van der Waals surface area contributed by atoms with Crippen molar-refractivity contribution in [1.82, 2.24) is 14.7 Å². The standard InChI is InChI=1S/C22H43N3/c1-19(2)17-23-13-7-22(8-14-23)9-15-24(16-10-22)18-21-5-11-25(12-6-21)20(3)4/h19-21H,5-18H2,1-4H3. The number of nitrogens with zero attached hydrogens (tertiary/aromatic N) is 3. The van der Waals surface area contributed by atoms with E-state index in [-0.39, 0.29) is 0 Å². The van der Waals surface area contributed by atoms with Crippen LogP contribution in [0, 0.1) is 17.3 Å². The topological polar surface area (TPSA) is 9.72 Å². The highest BCUT2D eigenvalue weighted by Crippen LogP contribution is 2.41. The van der Waals surface area contributed by atoms with Gasteiger partial charge in [0.1, 0.15) is 0 Å². The first-order chi connectivity index (χ1) is 12.0. The van der Waals surface area contributed by atoms with Crippen LogP contribution in [-0.2, 0) is 0 Å². The number of hydrogen-bond donors (Lipinski definition) is 0. The van der Waals surface area contributed by atoms with E-state index in [9.17, 15) is 0 Å². The number of likely N-dealkylation sites (tertiary alicyclic amines) is 3. The van der Waals surface area contributed by atoms with E-state index in [4.69, 9.17) is 0 Å². The third-order valence-corrected chi connectivity index (χ3v) is 7.35. The molecule has 146 valence electrons. The molecule has 3 aliphatic rings. The van der Waals surface area contributed by atoms with Gasteiger partial charge in [0.2, 0.25) is 0 Å². The summed E-state index contributed by atoms with van der Waals surface area (Å²) in [7, 11) is 0. The predicted octanol–water partition coefficient (Wildman–Crippen LogP) is 3.94. The quantitative estimate of drug-likeness (QED) is 0.744. The zero-order valence-corrected chi connectivity index (χ0v) is 17.5. The van der Waals surface area contributed by atoms with Gasteiger partial charge >= 0.3 is 0 Å². The Hall–Kier alpha value is -0.120. The lowest BCUT2D eigenvalue weighted by atomic mass is 9.71. The van der Waals surface area contributed by atoms with Gasteiger partial charge in [0.25, 0.3) is 0 Å². The monoisotopic (exact) mass is 349 g/mol. The largest absolute Gasteiger partial charge is 0.303 e. The highest BCUT2D eigenvalue weighted by molar-refractivity contribution is 4.91. The van der Waals surface area contributed by atoms with Crippen LogP contribution in [0.5, 0.6) is 0 Å². The van der Waals surface area contributed by atoms with Gasteiger partial charge in [0.05, 0.1) is 0 Å². The Labute approximate surface area is 157 Å². The molecular formula is C22H43N3. The molecule has 0 N–H and O–H groups in total. The lowest BCUT2D eigenvalue weighted by Gasteiger charge is -2.48. The van der Waals surface area contributed by atoms with E-state index in [1.54, 1.807) is 0 Å². The normalized spacial score (nSPS) is 27.6. The smallest absolute Gasteiger partial charge is 0.00385 e. The molecule has 0 radical (unpaired) electrons. The van der Waals surface area contributed by atoms with Crippen LogP contribution >= 0.6 is 0 Å². The minimum Gasteiger partial charge on any atom is -0.303 e. The van der Waals surface area contributed by atoms with E-state index in [0.29, 0.717) is 5.41 Å². The lowest BCUT2D eigenvalue weighted by molar-refractivity contribution is 0.0219. The first-order valence-electron chi connectivity index (χ1n) is 11.1. The van der Waals surface area contributed by atoms with Gasteiger partial charge in [-0.25, -0.2) is 0 Å². The van der Waals surface area contributed by atoms with Gasteiger partial charge < -0.3 is 14.7 Å². The molecule has 3 nitrogen and oxygen atoms in total. The molecule has 3 heterocycles. The molecule has 0 aliphatic carbocycles. The third-order valence-electron chi connectivity index (χ3n) is 7.35. The fraction of sp³-hybridized carbons (Fsp3) is 1.00. The summed E-state index contributed by atoms with van der Waals surface area (Å²) in [5, 5.41) is 0. The molecule has 3 aliphatic heterocycles. The number of rotatable bonds is 5. The fourth-order valence-corrected chi connectivity index (χ4v) is 5.45. The molecule has 25 heavy (non-hydrogen) atoms. The summed E-state index contributed by atoms with van der Waals surface area (Å²) in [5.74, 6) is 1.77. The maximum Gasteiger partial charge on any atom is 0.00385 e. The van der Waals surface area contributed by atoms with Crippen LogP contribution in [-0.4, -0.2) is 73.1 Å². The molecule has 0 aromatic rings. The Balaban J connectivity index is 1.37. The van der Waals surface area contributed by atoms with Crippen molar-refractivity contribution in [3.63, 3.8) is 0 Å². The molecule has 3 rings (SSSR count).